The predicted octanol–water partition coefficient (Wildman–Crippen LogP) is 2.06. The molecule has 24 heavy (non-hydrogen) atoms. The smallest absolute Gasteiger partial charge is 0.401 e. The van der Waals surface area contributed by atoms with E-state index in [9.17, 15) is 22.8 Å². The van der Waals surface area contributed by atoms with Crippen LogP contribution >= 0.6 is 0 Å². The molecule has 0 unspecified atom stereocenters. The number of hydrogen-bond acceptors (Lipinski definition) is 5. The molecule has 1 saturated heterocycles. The van der Waals surface area contributed by atoms with Crippen LogP contribution in [0.15, 0.2) is 18.2 Å². The molecule has 1 fully saturated rings. The van der Waals surface area contributed by atoms with E-state index in [1.807, 2.05) is 0 Å². The molecule has 0 radical (unpaired) electrons. The van der Waals surface area contributed by atoms with Crippen molar-refractivity contribution in [3.8, 4) is 5.75 Å². The zero-order chi connectivity index (χ0) is 18.0. The lowest BCUT2D eigenvalue weighted by atomic mass is 9.96. The van der Waals surface area contributed by atoms with Crippen LogP contribution in [0.4, 0.5) is 18.9 Å². The number of likely N-dealkylation sites (tertiary alicyclic amines) is 1. The molecule has 0 spiro atoms. The van der Waals surface area contributed by atoms with Crippen molar-refractivity contribution in [2.75, 3.05) is 32.1 Å². The first-order valence-corrected chi connectivity index (χ1v) is 7.06. The largest absolute Gasteiger partial charge is 0.483 e. The Morgan fingerprint density at radius 3 is 2.62 bits per heavy atom. The van der Waals surface area contributed by atoms with E-state index < -0.39 is 24.3 Å². The molecular formula is C15H17F3N2O4. The molecule has 1 aromatic rings. The standard InChI is InChI=1S/C15H17F3N2O4/c1-14(6-20(7-14)8-15(16,17)18)24-12-4-3-10(13(22)23-2)5-11(12)19-9-21/h3-5,9H,6-8H2,1-2H3,(H,19,21). The Balaban J connectivity index is 2.09. The van der Waals surface area contributed by atoms with Crippen molar-refractivity contribution >= 4 is 18.1 Å². The molecule has 1 heterocycles. The number of nitrogens with zero attached hydrogens (tertiary/aromatic N) is 1. The van der Waals surface area contributed by atoms with Gasteiger partial charge >= 0.3 is 12.1 Å². The summed E-state index contributed by atoms with van der Waals surface area (Å²) < 4.78 is 47.4. The summed E-state index contributed by atoms with van der Waals surface area (Å²) in [4.78, 5) is 23.5. The van der Waals surface area contributed by atoms with Crippen molar-refractivity contribution in [3.05, 3.63) is 23.8 Å². The number of hydrogen-bond donors (Lipinski definition) is 1. The number of carbonyl (C=O) groups excluding carboxylic acids is 2. The highest BCUT2D eigenvalue weighted by Crippen LogP contribution is 2.34. The molecule has 0 aliphatic carbocycles. The van der Waals surface area contributed by atoms with Crippen LogP contribution in [0.5, 0.6) is 5.75 Å². The van der Waals surface area contributed by atoms with Crippen LogP contribution in [-0.4, -0.2) is 55.8 Å². The van der Waals surface area contributed by atoms with E-state index in [-0.39, 0.29) is 30.1 Å². The van der Waals surface area contributed by atoms with Crippen LogP contribution in [0.25, 0.3) is 0 Å². The van der Waals surface area contributed by atoms with Gasteiger partial charge in [0.05, 0.1) is 24.9 Å². The molecular weight excluding hydrogens is 329 g/mol. The Morgan fingerprint density at radius 2 is 2.08 bits per heavy atom. The Morgan fingerprint density at radius 1 is 1.42 bits per heavy atom. The maximum absolute atomic E-state index is 12.3. The average Bonchev–Trinajstić information content (AvgIpc) is 2.45. The summed E-state index contributed by atoms with van der Waals surface area (Å²) >= 11 is 0. The van der Waals surface area contributed by atoms with Crippen molar-refractivity contribution in [2.24, 2.45) is 0 Å². The summed E-state index contributed by atoms with van der Waals surface area (Å²) in [6.07, 6.45) is -3.84. The van der Waals surface area contributed by atoms with Gasteiger partial charge in [0.15, 0.2) is 0 Å². The number of amides is 1. The minimum absolute atomic E-state index is 0.103. The van der Waals surface area contributed by atoms with E-state index in [0.29, 0.717) is 6.41 Å². The van der Waals surface area contributed by atoms with Crippen molar-refractivity contribution in [1.82, 2.24) is 4.90 Å². The summed E-state index contributed by atoms with van der Waals surface area (Å²) in [5, 5.41) is 2.41. The second kappa shape index (κ2) is 6.68. The first-order valence-electron chi connectivity index (χ1n) is 7.06. The second-order valence-corrected chi connectivity index (χ2v) is 5.78. The molecule has 1 aromatic carbocycles. The van der Waals surface area contributed by atoms with Crippen LogP contribution in [-0.2, 0) is 9.53 Å². The molecule has 1 aliphatic heterocycles. The first-order chi connectivity index (χ1) is 11.2. The van der Waals surface area contributed by atoms with E-state index in [0.717, 1.165) is 0 Å². The fourth-order valence-corrected chi connectivity index (χ4v) is 2.64. The SMILES string of the molecule is COC(=O)c1ccc(OC2(C)CN(CC(F)(F)F)C2)c(NC=O)c1. The van der Waals surface area contributed by atoms with Gasteiger partial charge in [-0.3, -0.25) is 9.69 Å². The molecule has 2 rings (SSSR count). The van der Waals surface area contributed by atoms with Gasteiger partial charge in [0.25, 0.3) is 0 Å². The normalized spacial score (nSPS) is 16.9. The molecule has 1 N–H and O–H groups in total. The number of halogens is 3. The fourth-order valence-electron chi connectivity index (χ4n) is 2.64. The van der Waals surface area contributed by atoms with Crippen molar-refractivity contribution in [1.29, 1.82) is 0 Å². The number of carbonyl (C=O) groups is 2. The molecule has 6 nitrogen and oxygen atoms in total. The number of benzene rings is 1. The molecule has 0 bridgehead atoms. The topological polar surface area (TPSA) is 67.9 Å². The average molecular weight is 346 g/mol. The van der Waals surface area contributed by atoms with E-state index >= 15 is 0 Å². The Kier molecular flexibility index (Phi) is 5.02. The van der Waals surface area contributed by atoms with Crippen LogP contribution in [0.1, 0.15) is 17.3 Å². The van der Waals surface area contributed by atoms with E-state index in [1.165, 1.54) is 30.2 Å². The molecule has 1 aliphatic rings. The van der Waals surface area contributed by atoms with Gasteiger partial charge in [-0.1, -0.05) is 0 Å². The lowest BCUT2D eigenvalue weighted by molar-refractivity contribution is -0.176. The molecule has 1 amide bonds. The Labute approximate surface area is 136 Å². The number of esters is 1. The van der Waals surface area contributed by atoms with Crippen LogP contribution in [0.3, 0.4) is 0 Å². The summed E-state index contributed by atoms with van der Waals surface area (Å²) in [5.74, 6) is -0.314. The summed E-state index contributed by atoms with van der Waals surface area (Å²) in [6, 6.07) is 4.30. The minimum atomic E-state index is -4.26. The lowest BCUT2D eigenvalue weighted by Crippen LogP contribution is -2.64. The maximum atomic E-state index is 12.3. The highest BCUT2D eigenvalue weighted by molar-refractivity contribution is 5.92. The molecule has 0 atom stereocenters. The van der Waals surface area contributed by atoms with Crippen LogP contribution in [0.2, 0.25) is 0 Å². The summed E-state index contributed by atoms with van der Waals surface area (Å²) in [5.41, 5.74) is -0.354. The zero-order valence-electron chi connectivity index (χ0n) is 13.1. The third-order valence-electron chi connectivity index (χ3n) is 3.49. The van der Waals surface area contributed by atoms with E-state index in [2.05, 4.69) is 10.1 Å². The summed E-state index contributed by atoms with van der Waals surface area (Å²) in [7, 11) is 1.23. The quantitative estimate of drug-likeness (QED) is 0.631. The number of alkyl halides is 3. The van der Waals surface area contributed by atoms with E-state index in [4.69, 9.17) is 4.74 Å². The Bertz CT molecular complexity index is 628. The van der Waals surface area contributed by atoms with Crippen molar-refractivity contribution < 1.29 is 32.2 Å². The number of methoxy groups -OCH3 is 1. The number of rotatable bonds is 6. The second-order valence-electron chi connectivity index (χ2n) is 5.78. The van der Waals surface area contributed by atoms with Gasteiger partial charge in [0, 0.05) is 13.1 Å². The van der Waals surface area contributed by atoms with E-state index in [1.54, 1.807) is 6.92 Å². The van der Waals surface area contributed by atoms with Crippen molar-refractivity contribution in [3.63, 3.8) is 0 Å². The molecule has 9 heteroatoms. The van der Waals surface area contributed by atoms with Crippen LogP contribution < -0.4 is 10.1 Å². The maximum Gasteiger partial charge on any atom is 0.401 e. The van der Waals surface area contributed by atoms with Gasteiger partial charge in [-0.2, -0.15) is 13.2 Å². The van der Waals surface area contributed by atoms with Crippen molar-refractivity contribution in [2.45, 2.75) is 18.7 Å². The molecule has 132 valence electrons. The highest BCUT2D eigenvalue weighted by atomic mass is 19.4. The predicted molar refractivity (Wildman–Crippen MR) is 79.0 cm³/mol. The van der Waals surface area contributed by atoms with Gasteiger partial charge in [-0.05, 0) is 25.1 Å². The third kappa shape index (κ3) is 4.38. The number of ether oxygens (including phenoxy) is 2. The monoisotopic (exact) mass is 346 g/mol. The van der Waals surface area contributed by atoms with Gasteiger partial charge in [-0.15, -0.1) is 0 Å². The lowest BCUT2D eigenvalue weighted by Gasteiger charge is -2.47. The highest BCUT2D eigenvalue weighted by Gasteiger charge is 2.45. The summed E-state index contributed by atoms with van der Waals surface area (Å²) in [6.45, 7) is 0.892. The zero-order valence-corrected chi connectivity index (χ0v) is 13.1. The number of anilines is 1. The van der Waals surface area contributed by atoms with Crippen LogP contribution in [0, 0.1) is 0 Å². The number of nitrogens with one attached hydrogen (secondary N) is 1. The van der Waals surface area contributed by atoms with Gasteiger partial charge < -0.3 is 14.8 Å². The van der Waals surface area contributed by atoms with Gasteiger partial charge in [0.1, 0.15) is 11.4 Å². The van der Waals surface area contributed by atoms with Gasteiger partial charge in [0.2, 0.25) is 6.41 Å². The minimum Gasteiger partial charge on any atom is -0.483 e. The third-order valence-corrected chi connectivity index (χ3v) is 3.49. The molecule has 0 aromatic heterocycles. The molecule has 0 saturated carbocycles. The fraction of sp³-hybridized carbons (Fsp3) is 0.467. The van der Waals surface area contributed by atoms with Gasteiger partial charge in [-0.25, -0.2) is 4.79 Å². The first kappa shape index (κ1) is 18.1. The Hall–Kier alpha value is -2.29.